The van der Waals surface area contributed by atoms with E-state index in [1.807, 2.05) is 0 Å². The van der Waals surface area contributed by atoms with Crippen LogP contribution in [-0.4, -0.2) is 17.0 Å². The molecular formula is C10H10NO3. The molecule has 0 saturated heterocycles. The molecule has 1 amide bonds. The topological polar surface area (TPSA) is 66.4 Å². The lowest BCUT2D eigenvalue weighted by molar-refractivity contribution is 0.0691. The minimum absolute atomic E-state index is 0.0169. The van der Waals surface area contributed by atoms with E-state index < -0.39 is 11.9 Å². The van der Waals surface area contributed by atoms with Crippen molar-refractivity contribution in [3.8, 4) is 0 Å². The SMILES string of the molecule is [CH2]NC(=O)c1cc(C)ccc1C(=O)O. The summed E-state index contributed by atoms with van der Waals surface area (Å²) < 4.78 is 0. The molecule has 4 heteroatoms. The Balaban J connectivity index is 3.29. The number of carboxylic acids is 1. The smallest absolute Gasteiger partial charge is 0.336 e. The minimum atomic E-state index is -1.12. The normalized spacial score (nSPS) is 9.57. The van der Waals surface area contributed by atoms with Crippen molar-refractivity contribution in [2.45, 2.75) is 6.92 Å². The van der Waals surface area contributed by atoms with Crippen molar-refractivity contribution in [2.24, 2.45) is 0 Å². The van der Waals surface area contributed by atoms with Gasteiger partial charge in [0.25, 0.3) is 5.91 Å². The van der Waals surface area contributed by atoms with Crippen molar-refractivity contribution in [3.63, 3.8) is 0 Å². The van der Waals surface area contributed by atoms with E-state index in [0.717, 1.165) is 5.56 Å². The molecule has 0 aromatic heterocycles. The maximum Gasteiger partial charge on any atom is 0.336 e. The lowest BCUT2D eigenvalue weighted by Crippen LogP contribution is -2.19. The molecule has 0 aliphatic rings. The van der Waals surface area contributed by atoms with Gasteiger partial charge in [0.15, 0.2) is 0 Å². The highest BCUT2D eigenvalue weighted by atomic mass is 16.4. The van der Waals surface area contributed by atoms with Gasteiger partial charge in [0.2, 0.25) is 0 Å². The molecule has 1 aromatic rings. The predicted octanol–water partition coefficient (Wildman–Crippen LogP) is 1.21. The summed E-state index contributed by atoms with van der Waals surface area (Å²) in [5, 5.41) is 11.0. The summed E-state index contributed by atoms with van der Waals surface area (Å²) >= 11 is 0. The fourth-order valence-electron chi connectivity index (χ4n) is 1.13. The first-order valence-electron chi connectivity index (χ1n) is 3.97. The lowest BCUT2D eigenvalue weighted by Gasteiger charge is -2.05. The number of aryl methyl sites for hydroxylation is 1. The monoisotopic (exact) mass is 192 g/mol. The predicted molar refractivity (Wildman–Crippen MR) is 51.0 cm³/mol. The van der Waals surface area contributed by atoms with Crippen LogP contribution in [0.1, 0.15) is 26.3 Å². The second kappa shape index (κ2) is 3.91. The highest BCUT2D eigenvalue weighted by Crippen LogP contribution is 2.11. The molecule has 14 heavy (non-hydrogen) atoms. The summed E-state index contributed by atoms with van der Waals surface area (Å²) in [6, 6.07) is 4.57. The highest BCUT2D eigenvalue weighted by Gasteiger charge is 2.14. The van der Waals surface area contributed by atoms with E-state index in [0.29, 0.717) is 0 Å². The van der Waals surface area contributed by atoms with E-state index in [4.69, 9.17) is 5.11 Å². The van der Waals surface area contributed by atoms with Crippen LogP contribution in [0.25, 0.3) is 0 Å². The van der Waals surface area contributed by atoms with Gasteiger partial charge in [-0.3, -0.25) is 4.79 Å². The van der Waals surface area contributed by atoms with Gasteiger partial charge in [-0.1, -0.05) is 11.6 Å². The maximum atomic E-state index is 11.3. The van der Waals surface area contributed by atoms with E-state index in [9.17, 15) is 9.59 Å². The van der Waals surface area contributed by atoms with Crippen LogP contribution in [0, 0.1) is 14.0 Å². The van der Waals surface area contributed by atoms with Crippen molar-refractivity contribution in [3.05, 3.63) is 41.9 Å². The number of benzene rings is 1. The second-order valence-electron chi connectivity index (χ2n) is 2.86. The maximum absolute atomic E-state index is 11.3. The molecule has 0 spiro atoms. The number of hydrogen-bond donors (Lipinski definition) is 2. The van der Waals surface area contributed by atoms with Crippen LogP contribution in [0.15, 0.2) is 18.2 Å². The third kappa shape index (κ3) is 1.90. The van der Waals surface area contributed by atoms with Gasteiger partial charge in [-0.25, -0.2) is 4.79 Å². The summed E-state index contributed by atoms with van der Waals surface area (Å²) in [6.07, 6.45) is 0. The van der Waals surface area contributed by atoms with Crippen LogP contribution in [0.2, 0.25) is 0 Å². The van der Waals surface area contributed by atoms with Crippen LogP contribution in [0.4, 0.5) is 0 Å². The van der Waals surface area contributed by atoms with Crippen LogP contribution >= 0.6 is 0 Å². The summed E-state index contributed by atoms with van der Waals surface area (Å²) in [7, 11) is 3.20. The molecule has 1 aromatic carbocycles. The molecule has 2 N–H and O–H groups in total. The Morgan fingerprint density at radius 1 is 1.36 bits per heavy atom. The molecule has 0 unspecified atom stereocenters. The Kier molecular flexibility index (Phi) is 2.86. The molecule has 1 rings (SSSR count). The summed E-state index contributed by atoms with van der Waals surface area (Å²) in [5.74, 6) is -1.62. The van der Waals surface area contributed by atoms with Gasteiger partial charge in [-0.15, -0.1) is 0 Å². The number of rotatable bonds is 2. The average molecular weight is 192 g/mol. The van der Waals surface area contributed by atoms with Crippen LogP contribution in [-0.2, 0) is 0 Å². The van der Waals surface area contributed by atoms with Gasteiger partial charge in [-0.05, 0) is 19.1 Å². The average Bonchev–Trinajstić information content (AvgIpc) is 2.16. The van der Waals surface area contributed by atoms with Gasteiger partial charge in [0.05, 0.1) is 11.1 Å². The van der Waals surface area contributed by atoms with E-state index in [1.165, 1.54) is 12.1 Å². The van der Waals surface area contributed by atoms with Gasteiger partial charge in [-0.2, -0.15) is 0 Å². The molecule has 1 radical (unpaired) electrons. The van der Waals surface area contributed by atoms with Crippen LogP contribution in [0.5, 0.6) is 0 Å². The van der Waals surface area contributed by atoms with E-state index in [1.54, 1.807) is 13.0 Å². The number of nitrogens with one attached hydrogen (secondary N) is 1. The van der Waals surface area contributed by atoms with Crippen LogP contribution in [0.3, 0.4) is 0 Å². The van der Waals surface area contributed by atoms with Crippen molar-refractivity contribution < 1.29 is 14.7 Å². The first-order valence-corrected chi connectivity index (χ1v) is 3.97. The number of carboxylic acid groups (broad SMARTS) is 1. The molecule has 0 fully saturated rings. The number of carbonyl (C=O) groups is 2. The highest BCUT2D eigenvalue weighted by molar-refractivity contribution is 6.04. The Morgan fingerprint density at radius 2 is 2.00 bits per heavy atom. The van der Waals surface area contributed by atoms with E-state index in [-0.39, 0.29) is 11.1 Å². The molecular weight excluding hydrogens is 182 g/mol. The number of carbonyl (C=O) groups excluding carboxylic acids is 1. The van der Waals surface area contributed by atoms with Crippen molar-refractivity contribution in [2.75, 3.05) is 0 Å². The van der Waals surface area contributed by atoms with E-state index >= 15 is 0 Å². The fraction of sp³-hybridized carbons (Fsp3) is 0.100. The molecule has 0 atom stereocenters. The first kappa shape index (κ1) is 10.2. The Hall–Kier alpha value is -1.84. The van der Waals surface area contributed by atoms with Crippen molar-refractivity contribution in [1.29, 1.82) is 0 Å². The minimum Gasteiger partial charge on any atom is -0.478 e. The van der Waals surface area contributed by atoms with Gasteiger partial charge in [0.1, 0.15) is 0 Å². The van der Waals surface area contributed by atoms with Crippen molar-refractivity contribution >= 4 is 11.9 Å². The fourth-order valence-corrected chi connectivity index (χ4v) is 1.13. The van der Waals surface area contributed by atoms with Crippen molar-refractivity contribution in [1.82, 2.24) is 5.32 Å². The number of amides is 1. The Bertz CT molecular complexity index is 385. The third-order valence-corrected chi connectivity index (χ3v) is 1.81. The molecule has 0 aliphatic carbocycles. The Morgan fingerprint density at radius 3 is 2.50 bits per heavy atom. The standard InChI is InChI=1S/C10H10NO3/c1-6-3-4-7(10(13)14)8(5-6)9(12)11-2/h3-5H,2H2,1H3,(H,11,12)(H,13,14). The molecule has 0 saturated carbocycles. The van der Waals surface area contributed by atoms with Crippen LogP contribution < -0.4 is 5.32 Å². The third-order valence-electron chi connectivity index (χ3n) is 1.81. The molecule has 4 nitrogen and oxygen atoms in total. The number of aromatic carboxylic acids is 1. The van der Waals surface area contributed by atoms with Gasteiger partial charge >= 0.3 is 5.97 Å². The largest absolute Gasteiger partial charge is 0.478 e. The Labute approximate surface area is 81.6 Å². The lowest BCUT2D eigenvalue weighted by atomic mass is 10.0. The second-order valence-corrected chi connectivity index (χ2v) is 2.86. The van der Waals surface area contributed by atoms with Gasteiger partial charge < -0.3 is 10.4 Å². The first-order chi connectivity index (χ1) is 6.56. The van der Waals surface area contributed by atoms with E-state index in [2.05, 4.69) is 12.4 Å². The zero-order valence-electron chi connectivity index (χ0n) is 7.70. The summed E-state index contributed by atoms with van der Waals surface area (Å²) in [6.45, 7) is 1.78. The molecule has 0 heterocycles. The quantitative estimate of drug-likeness (QED) is 0.740. The summed E-state index contributed by atoms with van der Waals surface area (Å²) in [4.78, 5) is 22.0. The molecule has 0 bridgehead atoms. The summed E-state index contributed by atoms with van der Waals surface area (Å²) in [5.41, 5.74) is 0.942. The zero-order chi connectivity index (χ0) is 10.7. The van der Waals surface area contributed by atoms with Gasteiger partial charge in [0, 0.05) is 7.05 Å². The molecule has 73 valence electrons. The molecule has 0 aliphatic heterocycles. The number of hydrogen-bond acceptors (Lipinski definition) is 2. The zero-order valence-corrected chi connectivity index (χ0v) is 7.70.